The van der Waals surface area contributed by atoms with Crippen molar-refractivity contribution < 1.29 is 22.3 Å². The summed E-state index contributed by atoms with van der Waals surface area (Å²) in [6.45, 7) is 9.25. The Hall–Kier alpha value is -2.65. The van der Waals surface area contributed by atoms with Gasteiger partial charge in [0.1, 0.15) is 27.5 Å². The molecular formula is C18H24FN5O4S. The number of rotatable bonds is 2. The summed E-state index contributed by atoms with van der Waals surface area (Å²) in [5.74, 6) is -1.36. The van der Waals surface area contributed by atoms with Crippen LogP contribution in [0.2, 0.25) is 0 Å². The number of amidine groups is 1. The SMILES string of the molecule is CC(C)(C)OC(=O)NC1=N[C@](C)(c2cc(N=[N+]=[N-])ccc2F)CS(=O)(=O)C1(C)C. The number of halogens is 1. The molecule has 0 aromatic heterocycles. The summed E-state index contributed by atoms with van der Waals surface area (Å²) in [5, 5.41) is 5.84. The standard InChI is InChI=1S/C18H24FN5O4S/c1-16(2,3)28-15(25)21-14-17(4,5)29(26,27)10-18(6,22-14)12-9-11(23-24-20)7-8-13(12)19/h7-9H,10H2,1-6H3,(H,21,22,25)/t18-/m0/s1. The van der Waals surface area contributed by atoms with Crippen molar-refractivity contribution in [2.24, 2.45) is 10.1 Å². The van der Waals surface area contributed by atoms with Crippen molar-refractivity contribution in [1.82, 2.24) is 5.32 Å². The smallest absolute Gasteiger partial charge is 0.413 e. The Labute approximate surface area is 168 Å². The number of ether oxygens (including phenoxy) is 1. The van der Waals surface area contributed by atoms with Gasteiger partial charge in [-0.25, -0.2) is 17.6 Å². The highest BCUT2D eigenvalue weighted by atomic mass is 32.2. The van der Waals surface area contributed by atoms with Gasteiger partial charge >= 0.3 is 6.09 Å². The maximum atomic E-state index is 14.6. The highest BCUT2D eigenvalue weighted by molar-refractivity contribution is 7.93. The molecule has 1 heterocycles. The maximum Gasteiger partial charge on any atom is 0.413 e. The van der Waals surface area contributed by atoms with E-state index in [0.717, 1.165) is 6.07 Å². The molecule has 0 unspecified atom stereocenters. The molecule has 0 spiro atoms. The normalized spacial score (nSPS) is 22.8. The van der Waals surface area contributed by atoms with Crippen LogP contribution in [0.5, 0.6) is 0 Å². The molecule has 0 saturated carbocycles. The van der Waals surface area contributed by atoms with E-state index in [0.29, 0.717) is 0 Å². The molecule has 1 aliphatic rings. The minimum atomic E-state index is -3.87. The first kappa shape index (κ1) is 22.6. The Morgan fingerprint density at radius 1 is 1.34 bits per heavy atom. The summed E-state index contributed by atoms with van der Waals surface area (Å²) in [6.07, 6.45) is -0.868. The fourth-order valence-corrected chi connectivity index (χ4v) is 4.58. The van der Waals surface area contributed by atoms with Crippen molar-refractivity contribution in [2.45, 2.75) is 57.4 Å². The van der Waals surface area contributed by atoms with E-state index in [2.05, 4.69) is 20.3 Å². The maximum absolute atomic E-state index is 14.6. The van der Waals surface area contributed by atoms with E-state index < -0.39 is 43.4 Å². The van der Waals surface area contributed by atoms with Crippen molar-refractivity contribution in [1.29, 1.82) is 0 Å². The number of azide groups is 1. The van der Waals surface area contributed by atoms with Gasteiger partial charge in [-0.2, -0.15) is 0 Å². The third kappa shape index (κ3) is 4.68. The first-order valence-electron chi connectivity index (χ1n) is 8.79. The summed E-state index contributed by atoms with van der Waals surface area (Å²) >= 11 is 0. The van der Waals surface area contributed by atoms with Gasteiger partial charge in [-0.15, -0.1) is 0 Å². The minimum Gasteiger partial charge on any atom is -0.444 e. The molecule has 0 aliphatic carbocycles. The summed E-state index contributed by atoms with van der Waals surface area (Å²) < 4.78 is 44.3. The van der Waals surface area contributed by atoms with Crippen molar-refractivity contribution in [3.05, 3.63) is 40.0 Å². The van der Waals surface area contributed by atoms with Crippen LogP contribution in [0, 0.1) is 5.82 Å². The van der Waals surface area contributed by atoms with Crippen LogP contribution in [-0.2, 0) is 20.1 Å². The number of amides is 1. The first-order chi connectivity index (χ1) is 13.1. The monoisotopic (exact) mass is 425 g/mol. The molecule has 158 valence electrons. The number of aliphatic imine (C=N–C) groups is 1. The third-order valence-corrected chi connectivity index (χ3v) is 7.18. The zero-order valence-corrected chi connectivity index (χ0v) is 18.0. The molecule has 11 heteroatoms. The van der Waals surface area contributed by atoms with Gasteiger partial charge in [-0.1, -0.05) is 5.11 Å². The Morgan fingerprint density at radius 2 is 1.97 bits per heavy atom. The van der Waals surface area contributed by atoms with Crippen LogP contribution in [0.25, 0.3) is 10.4 Å². The molecule has 1 aromatic rings. The molecule has 1 amide bonds. The zero-order valence-electron chi connectivity index (χ0n) is 17.1. The van der Waals surface area contributed by atoms with Crippen molar-refractivity contribution in [3.8, 4) is 0 Å². The molecule has 1 atom stereocenters. The third-order valence-electron chi connectivity index (χ3n) is 4.49. The summed E-state index contributed by atoms with van der Waals surface area (Å²) in [4.78, 5) is 19.3. The summed E-state index contributed by atoms with van der Waals surface area (Å²) in [7, 11) is -3.87. The second kappa shape index (κ2) is 7.31. The molecule has 1 aliphatic heterocycles. The van der Waals surface area contributed by atoms with Crippen LogP contribution in [0.1, 0.15) is 47.1 Å². The largest absolute Gasteiger partial charge is 0.444 e. The van der Waals surface area contributed by atoms with Crippen LogP contribution in [-0.4, -0.2) is 36.4 Å². The van der Waals surface area contributed by atoms with Crippen LogP contribution in [0.15, 0.2) is 28.3 Å². The molecule has 1 N–H and O–H groups in total. The van der Waals surface area contributed by atoms with Gasteiger partial charge in [0.25, 0.3) is 0 Å². The second-order valence-electron chi connectivity index (χ2n) is 8.48. The topological polar surface area (TPSA) is 134 Å². The molecule has 1 aromatic carbocycles. The van der Waals surface area contributed by atoms with E-state index in [1.807, 2.05) is 0 Å². The number of benzene rings is 1. The van der Waals surface area contributed by atoms with Gasteiger partial charge in [-0.05, 0) is 65.3 Å². The highest BCUT2D eigenvalue weighted by Gasteiger charge is 2.51. The number of hydrogen-bond donors (Lipinski definition) is 1. The van der Waals surface area contributed by atoms with Gasteiger partial charge in [0.05, 0.1) is 5.75 Å². The number of hydrogen-bond acceptors (Lipinski definition) is 6. The van der Waals surface area contributed by atoms with E-state index in [-0.39, 0.29) is 17.1 Å². The fourth-order valence-electron chi connectivity index (χ4n) is 2.87. The molecule has 9 nitrogen and oxygen atoms in total. The fraction of sp³-hybridized carbons (Fsp3) is 0.556. The van der Waals surface area contributed by atoms with Gasteiger partial charge in [-0.3, -0.25) is 10.3 Å². The number of nitrogens with one attached hydrogen (secondary N) is 1. The Balaban J connectivity index is 2.62. The van der Waals surface area contributed by atoms with E-state index in [4.69, 9.17) is 10.3 Å². The zero-order chi connectivity index (χ0) is 22.3. The van der Waals surface area contributed by atoms with Crippen LogP contribution in [0.3, 0.4) is 0 Å². The molecule has 0 saturated heterocycles. The van der Waals surface area contributed by atoms with Crippen LogP contribution >= 0.6 is 0 Å². The highest BCUT2D eigenvalue weighted by Crippen LogP contribution is 2.39. The summed E-state index contributed by atoms with van der Waals surface area (Å²) in [5.41, 5.74) is 6.31. The van der Waals surface area contributed by atoms with Crippen molar-refractivity contribution in [3.63, 3.8) is 0 Å². The molecule has 29 heavy (non-hydrogen) atoms. The lowest BCUT2D eigenvalue weighted by atomic mass is 9.92. The van der Waals surface area contributed by atoms with E-state index in [9.17, 15) is 17.6 Å². The Kier molecular flexibility index (Phi) is 5.70. The Bertz CT molecular complexity index is 1020. The number of sulfone groups is 1. The lowest BCUT2D eigenvalue weighted by Crippen LogP contribution is -2.58. The first-order valence-corrected chi connectivity index (χ1v) is 10.4. The number of carbonyl (C=O) groups is 1. The molecule has 0 fully saturated rings. The van der Waals surface area contributed by atoms with E-state index >= 15 is 0 Å². The Morgan fingerprint density at radius 3 is 2.52 bits per heavy atom. The van der Waals surface area contributed by atoms with Crippen molar-refractivity contribution in [2.75, 3.05) is 5.75 Å². The lowest BCUT2D eigenvalue weighted by molar-refractivity contribution is 0.0560. The van der Waals surface area contributed by atoms with E-state index in [1.165, 1.54) is 32.9 Å². The molecule has 2 rings (SSSR count). The average Bonchev–Trinajstić information content (AvgIpc) is 2.52. The molecule has 0 bridgehead atoms. The minimum absolute atomic E-state index is 0.0648. The molecular weight excluding hydrogens is 401 g/mol. The average molecular weight is 425 g/mol. The van der Waals surface area contributed by atoms with E-state index in [1.54, 1.807) is 20.8 Å². The van der Waals surface area contributed by atoms with Gasteiger partial charge in [0, 0.05) is 16.2 Å². The predicted molar refractivity (Wildman–Crippen MR) is 107 cm³/mol. The number of nitrogens with zero attached hydrogens (tertiary/aromatic N) is 4. The van der Waals surface area contributed by atoms with Crippen molar-refractivity contribution >= 4 is 27.5 Å². The summed E-state index contributed by atoms with van der Waals surface area (Å²) in [6, 6.07) is 3.59. The number of carbonyl (C=O) groups excluding carboxylic acids is 1. The van der Waals surface area contributed by atoms with Gasteiger partial charge in [0.15, 0.2) is 9.84 Å². The number of alkyl carbamates (subject to hydrolysis) is 1. The van der Waals surface area contributed by atoms with Gasteiger partial charge < -0.3 is 4.74 Å². The van der Waals surface area contributed by atoms with Crippen LogP contribution < -0.4 is 5.32 Å². The second-order valence-corrected chi connectivity index (χ2v) is 11.0. The van der Waals surface area contributed by atoms with Gasteiger partial charge in [0.2, 0.25) is 0 Å². The predicted octanol–water partition coefficient (Wildman–Crippen LogP) is 4.11. The molecule has 0 radical (unpaired) electrons. The lowest BCUT2D eigenvalue weighted by Gasteiger charge is -2.39. The van der Waals surface area contributed by atoms with Crippen LogP contribution in [0.4, 0.5) is 14.9 Å². The quantitative estimate of drug-likeness (QED) is 0.433.